The Labute approximate surface area is 243 Å². The number of hydrogen-bond acceptors (Lipinski definition) is 6. The Hall–Kier alpha value is -3.92. The minimum atomic E-state index is -4.86. The zero-order valence-corrected chi connectivity index (χ0v) is 24.2. The molecule has 0 heterocycles. The van der Waals surface area contributed by atoms with Gasteiger partial charge in [0.25, 0.3) is 5.91 Å². The summed E-state index contributed by atoms with van der Waals surface area (Å²) in [5.74, 6) is -1.64. The first-order valence-electron chi connectivity index (χ1n) is 12.9. The Balaban J connectivity index is 1.81. The summed E-state index contributed by atoms with van der Waals surface area (Å²) in [6.07, 6.45) is -3.86. The highest BCUT2D eigenvalue weighted by Gasteiger charge is 2.38. The second-order valence-electron chi connectivity index (χ2n) is 10.2. The van der Waals surface area contributed by atoms with Crippen LogP contribution in [0.2, 0.25) is 0 Å². The summed E-state index contributed by atoms with van der Waals surface area (Å²) in [6, 6.07) is 16.0. The van der Waals surface area contributed by atoms with Crippen molar-refractivity contribution >= 4 is 27.1 Å². The summed E-state index contributed by atoms with van der Waals surface area (Å²) in [7, 11) is -0.344. The van der Waals surface area contributed by atoms with Crippen LogP contribution in [0.15, 0.2) is 71.6 Å². The Morgan fingerprint density at radius 2 is 1.69 bits per heavy atom. The second-order valence-corrected chi connectivity index (χ2v) is 12.2. The summed E-state index contributed by atoms with van der Waals surface area (Å²) in [4.78, 5) is 17.6. The first kappa shape index (κ1) is 32.6. The van der Waals surface area contributed by atoms with Crippen molar-refractivity contribution in [1.29, 1.82) is 0 Å². The van der Waals surface area contributed by atoms with Gasteiger partial charge in [0.05, 0.1) is 29.4 Å². The zero-order chi connectivity index (χ0) is 31.1. The number of amides is 1. The van der Waals surface area contributed by atoms with E-state index in [0.717, 1.165) is 37.6 Å². The molecule has 1 amide bonds. The molecule has 42 heavy (non-hydrogen) atoms. The number of ether oxygens (including phenoxy) is 1. The number of nitrogens with one attached hydrogen (secondary N) is 1. The van der Waals surface area contributed by atoms with Crippen molar-refractivity contribution in [2.24, 2.45) is 0 Å². The van der Waals surface area contributed by atoms with Gasteiger partial charge in [0, 0.05) is 18.7 Å². The highest BCUT2D eigenvalue weighted by molar-refractivity contribution is 7.91. The summed E-state index contributed by atoms with van der Waals surface area (Å²) in [5, 5.41) is 13.0. The maximum Gasteiger partial charge on any atom is 0.407 e. The molecular formula is C30H32F3N3O5S. The minimum Gasteiger partial charge on any atom is -0.493 e. The molecule has 0 aromatic heterocycles. The van der Waals surface area contributed by atoms with E-state index >= 15 is 0 Å². The smallest absolute Gasteiger partial charge is 0.407 e. The fraction of sp³-hybridized carbons (Fsp3) is 0.333. The second kappa shape index (κ2) is 13.4. The third-order valence-corrected chi connectivity index (χ3v) is 8.32. The van der Waals surface area contributed by atoms with Crippen LogP contribution in [0.5, 0.6) is 5.75 Å². The molecule has 2 N–H and O–H groups in total. The number of aliphatic hydroxyl groups is 1. The van der Waals surface area contributed by atoms with E-state index in [1.165, 1.54) is 12.1 Å². The van der Waals surface area contributed by atoms with Crippen LogP contribution in [0.4, 0.5) is 24.5 Å². The molecule has 0 aliphatic heterocycles. The van der Waals surface area contributed by atoms with Gasteiger partial charge in [-0.05, 0) is 62.8 Å². The summed E-state index contributed by atoms with van der Waals surface area (Å²) in [5.41, 5.74) is -3.61. The highest BCUT2D eigenvalue weighted by Crippen LogP contribution is 2.38. The molecule has 0 aliphatic rings. The number of carbonyl (C=O) groups is 1. The number of benzene rings is 3. The van der Waals surface area contributed by atoms with Crippen molar-refractivity contribution in [2.75, 3.05) is 38.3 Å². The van der Waals surface area contributed by atoms with Crippen molar-refractivity contribution in [3.63, 3.8) is 0 Å². The third-order valence-electron chi connectivity index (χ3n) is 6.31. The Bertz CT molecular complexity index is 1560. The number of alkyl halides is 3. The van der Waals surface area contributed by atoms with Crippen LogP contribution < -0.4 is 10.1 Å². The molecule has 8 nitrogen and oxygen atoms in total. The number of halogens is 3. The molecule has 224 valence electrons. The topological polar surface area (TPSA) is 100 Å². The normalized spacial score (nSPS) is 13.3. The predicted octanol–water partition coefficient (Wildman–Crippen LogP) is 5.34. The molecule has 0 fully saturated rings. The minimum absolute atomic E-state index is 0.0961. The molecule has 0 radical (unpaired) electrons. The summed E-state index contributed by atoms with van der Waals surface area (Å²) in [6.45, 7) is 9.21. The first-order chi connectivity index (χ1) is 19.6. The van der Waals surface area contributed by atoms with E-state index < -0.39 is 44.5 Å². The number of hydrogen-bond donors (Lipinski definition) is 2. The van der Waals surface area contributed by atoms with Gasteiger partial charge in [-0.1, -0.05) is 42.5 Å². The standard InChI is InChI=1S/C30H32F3N3O5S/c1-29(38,28(37)35-23-14-15-25(34-2)24(19-23)30(31,32)33)20-42(39,40)27-13-8-6-11-22(27)18-21-10-5-7-12-26(21)41-17-9-16-36(3)4/h5-8,10-15,19,38H,9,16-18,20H2,1,3-4H3,(H,35,37). The predicted molar refractivity (Wildman–Crippen MR) is 153 cm³/mol. The van der Waals surface area contributed by atoms with Gasteiger partial charge in [0.15, 0.2) is 21.1 Å². The molecule has 1 atom stereocenters. The molecule has 0 bridgehead atoms. The van der Waals surface area contributed by atoms with Gasteiger partial charge in [-0.3, -0.25) is 4.79 Å². The van der Waals surface area contributed by atoms with Gasteiger partial charge < -0.3 is 20.1 Å². The lowest BCUT2D eigenvalue weighted by Gasteiger charge is -2.23. The average molecular weight is 604 g/mol. The van der Waals surface area contributed by atoms with E-state index in [0.29, 0.717) is 24.0 Å². The number of carbonyl (C=O) groups excluding carboxylic acids is 1. The van der Waals surface area contributed by atoms with Gasteiger partial charge in [-0.25, -0.2) is 13.3 Å². The lowest BCUT2D eigenvalue weighted by atomic mass is 10.0. The number of sulfone groups is 1. The van der Waals surface area contributed by atoms with Gasteiger partial charge in [0.2, 0.25) is 0 Å². The maximum absolute atomic E-state index is 13.5. The lowest BCUT2D eigenvalue weighted by molar-refractivity contribution is -0.137. The average Bonchev–Trinajstić information content (AvgIpc) is 2.91. The Kier molecular flexibility index (Phi) is 10.4. The quantitative estimate of drug-likeness (QED) is 0.214. The summed E-state index contributed by atoms with van der Waals surface area (Å²) >= 11 is 0. The van der Waals surface area contributed by atoms with E-state index in [1.807, 2.05) is 37.2 Å². The van der Waals surface area contributed by atoms with Crippen LogP contribution in [0.1, 0.15) is 30.0 Å². The number of nitrogens with zero attached hydrogens (tertiary/aromatic N) is 2. The van der Waals surface area contributed by atoms with Crippen LogP contribution >= 0.6 is 0 Å². The number of para-hydroxylation sites is 1. The van der Waals surface area contributed by atoms with Crippen molar-refractivity contribution in [3.8, 4) is 5.75 Å². The number of rotatable bonds is 12. The Morgan fingerprint density at radius 3 is 2.33 bits per heavy atom. The molecule has 3 aromatic rings. The molecular weight excluding hydrogens is 571 g/mol. The molecule has 0 spiro atoms. The largest absolute Gasteiger partial charge is 0.493 e. The van der Waals surface area contributed by atoms with Crippen LogP contribution in [-0.4, -0.2) is 62.9 Å². The van der Waals surface area contributed by atoms with Gasteiger partial charge in [-0.15, -0.1) is 0 Å². The zero-order valence-electron chi connectivity index (χ0n) is 23.4. The van der Waals surface area contributed by atoms with Crippen LogP contribution in [0.25, 0.3) is 4.85 Å². The molecule has 3 rings (SSSR count). The van der Waals surface area contributed by atoms with Crippen LogP contribution in [0, 0.1) is 6.57 Å². The van der Waals surface area contributed by atoms with Gasteiger partial charge >= 0.3 is 6.18 Å². The van der Waals surface area contributed by atoms with Crippen LogP contribution in [0.3, 0.4) is 0 Å². The van der Waals surface area contributed by atoms with Crippen LogP contribution in [-0.2, 0) is 27.2 Å². The summed E-state index contributed by atoms with van der Waals surface area (Å²) < 4.78 is 72.9. The van der Waals surface area contributed by atoms with E-state index in [9.17, 15) is 31.5 Å². The van der Waals surface area contributed by atoms with Gasteiger partial charge in [0.1, 0.15) is 5.75 Å². The fourth-order valence-electron chi connectivity index (χ4n) is 4.23. The van der Waals surface area contributed by atoms with Crippen molar-refractivity contribution in [1.82, 2.24) is 4.90 Å². The van der Waals surface area contributed by atoms with E-state index in [2.05, 4.69) is 10.2 Å². The molecule has 3 aromatic carbocycles. The fourth-order valence-corrected chi connectivity index (χ4v) is 6.08. The van der Waals surface area contributed by atoms with Gasteiger partial charge in [-0.2, -0.15) is 13.2 Å². The van der Waals surface area contributed by atoms with E-state index in [4.69, 9.17) is 11.3 Å². The molecule has 0 aliphatic carbocycles. The molecule has 12 heteroatoms. The Morgan fingerprint density at radius 1 is 1.05 bits per heavy atom. The van der Waals surface area contributed by atoms with Crippen molar-refractivity contribution in [2.45, 2.75) is 36.4 Å². The SMILES string of the molecule is [C-]#[N+]c1ccc(NC(=O)C(C)(O)CS(=O)(=O)c2ccccc2Cc2ccccc2OCCCN(C)C)cc1C(F)(F)F. The van der Waals surface area contributed by atoms with Crippen molar-refractivity contribution < 1.29 is 36.2 Å². The van der Waals surface area contributed by atoms with E-state index in [-0.39, 0.29) is 17.0 Å². The maximum atomic E-state index is 13.5. The lowest BCUT2D eigenvalue weighted by Crippen LogP contribution is -2.46. The monoisotopic (exact) mass is 603 g/mol. The highest BCUT2D eigenvalue weighted by atomic mass is 32.2. The number of anilines is 1. The van der Waals surface area contributed by atoms with E-state index in [1.54, 1.807) is 18.2 Å². The third kappa shape index (κ3) is 8.55. The molecule has 0 saturated carbocycles. The van der Waals surface area contributed by atoms with Crippen molar-refractivity contribution in [3.05, 3.63) is 94.8 Å². The molecule has 0 saturated heterocycles. The first-order valence-corrected chi connectivity index (χ1v) is 14.6. The molecule has 1 unspecified atom stereocenters.